The molecule has 0 radical (unpaired) electrons. The maximum absolute atomic E-state index is 13.3. The van der Waals surface area contributed by atoms with Crippen LogP contribution in [0.15, 0.2) is 23.1 Å². The summed E-state index contributed by atoms with van der Waals surface area (Å²) >= 11 is 0. The number of amides is 2. The average Bonchev–Trinajstić information content (AvgIpc) is 2.77. The highest BCUT2D eigenvalue weighted by molar-refractivity contribution is 7.91. The number of carbonyl (C=O) groups is 3. The molecule has 0 saturated carbocycles. The third kappa shape index (κ3) is 6.74. The van der Waals surface area contributed by atoms with Crippen LogP contribution in [-0.2, 0) is 41.9 Å². The summed E-state index contributed by atoms with van der Waals surface area (Å²) in [6.07, 6.45) is 0.693. The van der Waals surface area contributed by atoms with E-state index >= 15 is 0 Å². The number of rotatable bonds is 5. The lowest BCUT2D eigenvalue weighted by Gasteiger charge is -2.38. The van der Waals surface area contributed by atoms with E-state index in [1.165, 1.54) is 11.8 Å². The normalized spacial score (nSPS) is 20.7. The molecule has 1 fully saturated rings. The second-order valence-electron chi connectivity index (χ2n) is 10.2. The Morgan fingerprint density at radius 3 is 2.46 bits per heavy atom. The van der Waals surface area contributed by atoms with E-state index in [9.17, 15) is 22.8 Å². The number of hydrogen-bond donors (Lipinski definition) is 0. The van der Waals surface area contributed by atoms with Crippen LogP contribution in [0.1, 0.15) is 58.6 Å². The van der Waals surface area contributed by atoms with Crippen molar-refractivity contribution < 1.29 is 32.3 Å². The monoisotopic (exact) mass is 508 g/mol. The van der Waals surface area contributed by atoms with E-state index in [1.807, 2.05) is 6.07 Å². The Morgan fingerprint density at radius 1 is 1.11 bits per heavy atom. The molecule has 1 saturated heterocycles. The third-order valence-electron chi connectivity index (χ3n) is 6.35. The van der Waals surface area contributed by atoms with Gasteiger partial charge < -0.3 is 14.4 Å². The van der Waals surface area contributed by atoms with Crippen LogP contribution in [0, 0.1) is 5.92 Å². The number of piperidine rings is 1. The minimum Gasteiger partial charge on any atom is -0.464 e. The van der Waals surface area contributed by atoms with Gasteiger partial charge in [-0.1, -0.05) is 6.07 Å². The molecule has 2 heterocycles. The first-order chi connectivity index (χ1) is 16.3. The molecular weight excluding hydrogens is 472 g/mol. The molecule has 10 heteroatoms. The Kier molecular flexibility index (Phi) is 8.14. The molecule has 2 aliphatic rings. The van der Waals surface area contributed by atoms with E-state index in [0.29, 0.717) is 25.9 Å². The minimum atomic E-state index is -3.65. The van der Waals surface area contributed by atoms with Gasteiger partial charge in [0.25, 0.3) is 0 Å². The van der Waals surface area contributed by atoms with Gasteiger partial charge in [0.2, 0.25) is 5.91 Å². The predicted molar refractivity (Wildman–Crippen MR) is 129 cm³/mol. The van der Waals surface area contributed by atoms with Gasteiger partial charge in [0.15, 0.2) is 9.84 Å². The summed E-state index contributed by atoms with van der Waals surface area (Å²) in [7, 11) is -3.65. The largest absolute Gasteiger partial charge is 0.464 e. The molecule has 0 spiro atoms. The molecule has 0 N–H and O–H groups in total. The van der Waals surface area contributed by atoms with Gasteiger partial charge in [-0.3, -0.25) is 9.69 Å². The maximum atomic E-state index is 13.3. The highest BCUT2D eigenvalue weighted by Crippen LogP contribution is 2.30. The lowest BCUT2D eigenvalue weighted by Crippen LogP contribution is -2.52. The molecule has 9 nitrogen and oxygen atoms in total. The zero-order chi connectivity index (χ0) is 26.0. The number of nitrogens with zero attached hydrogens (tertiary/aromatic N) is 2. The first kappa shape index (κ1) is 27.0. The summed E-state index contributed by atoms with van der Waals surface area (Å²) < 4.78 is 37.2. The van der Waals surface area contributed by atoms with Gasteiger partial charge in [-0.15, -0.1) is 0 Å². The summed E-state index contributed by atoms with van der Waals surface area (Å²) in [4.78, 5) is 40.4. The lowest BCUT2D eigenvalue weighted by molar-refractivity contribution is -0.151. The molecule has 2 amide bonds. The van der Waals surface area contributed by atoms with Crippen LogP contribution in [0.4, 0.5) is 4.79 Å². The van der Waals surface area contributed by atoms with Crippen LogP contribution in [0.2, 0.25) is 0 Å². The van der Waals surface area contributed by atoms with Crippen molar-refractivity contribution in [1.29, 1.82) is 0 Å². The van der Waals surface area contributed by atoms with Gasteiger partial charge in [0.05, 0.1) is 17.3 Å². The molecule has 3 rings (SSSR count). The number of carbonyl (C=O) groups excluding carboxylic acids is 3. The molecule has 2 aliphatic heterocycles. The molecule has 1 aromatic rings. The number of ether oxygens (including phenoxy) is 2. The maximum Gasteiger partial charge on any atom is 0.411 e. The molecule has 1 aromatic carbocycles. The zero-order valence-electron chi connectivity index (χ0n) is 21.2. The molecule has 35 heavy (non-hydrogen) atoms. The fourth-order valence-electron chi connectivity index (χ4n) is 4.59. The van der Waals surface area contributed by atoms with Gasteiger partial charge in [-0.2, -0.15) is 0 Å². The Hall–Kier alpha value is -2.62. The fourth-order valence-corrected chi connectivity index (χ4v) is 6.31. The van der Waals surface area contributed by atoms with Crippen LogP contribution < -0.4 is 0 Å². The Morgan fingerprint density at radius 2 is 1.83 bits per heavy atom. The number of benzene rings is 1. The first-order valence-corrected chi connectivity index (χ1v) is 13.7. The minimum absolute atomic E-state index is 0.0364. The van der Waals surface area contributed by atoms with Crippen LogP contribution in [0.5, 0.6) is 0 Å². The molecule has 2 unspecified atom stereocenters. The first-order valence-electron chi connectivity index (χ1n) is 12.1. The Labute approximate surface area is 207 Å². The SMILES string of the molecule is CCOC(=O)C1CC(CS(=O)(=O)c2ccc3c(c2)CN(C(C)=O)CC3)CCN1C(=O)OC(C)(C)C. The van der Waals surface area contributed by atoms with Crippen molar-refractivity contribution in [2.75, 3.05) is 25.4 Å². The van der Waals surface area contributed by atoms with E-state index in [4.69, 9.17) is 9.47 Å². The molecule has 0 aromatic heterocycles. The van der Waals surface area contributed by atoms with Crippen LogP contribution in [0.25, 0.3) is 0 Å². The van der Waals surface area contributed by atoms with Crippen molar-refractivity contribution in [1.82, 2.24) is 9.80 Å². The van der Waals surface area contributed by atoms with Gasteiger partial charge in [0, 0.05) is 26.6 Å². The summed E-state index contributed by atoms with van der Waals surface area (Å²) in [6.45, 7) is 9.82. The standard InChI is InChI=1S/C25H36N2O7S/c1-6-33-23(29)22-13-18(9-12-27(22)24(30)34-25(3,4)5)16-35(31,32)21-8-7-19-10-11-26(17(2)28)15-20(19)14-21/h7-8,14,18,22H,6,9-13,15-16H2,1-5H3. The van der Waals surface area contributed by atoms with E-state index in [2.05, 4.69) is 0 Å². The zero-order valence-corrected chi connectivity index (χ0v) is 22.0. The third-order valence-corrected chi connectivity index (χ3v) is 8.23. The van der Waals surface area contributed by atoms with E-state index in [-0.39, 0.29) is 42.0 Å². The second kappa shape index (κ2) is 10.6. The van der Waals surface area contributed by atoms with Gasteiger partial charge in [-0.05, 0) is 76.1 Å². The van der Waals surface area contributed by atoms with Crippen molar-refractivity contribution in [3.8, 4) is 0 Å². The highest BCUT2D eigenvalue weighted by atomic mass is 32.2. The van der Waals surface area contributed by atoms with Gasteiger partial charge in [-0.25, -0.2) is 18.0 Å². The quantitative estimate of drug-likeness (QED) is 0.563. The smallest absolute Gasteiger partial charge is 0.411 e. The average molecular weight is 509 g/mol. The predicted octanol–water partition coefficient (Wildman–Crippen LogP) is 2.94. The van der Waals surface area contributed by atoms with Crippen molar-refractivity contribution in [3.05, 3.63) is 29.3 Å². The Bertz CT molecular complexity index is 1080. The summed E-state index contributed by atoms with van der Waals surface area (Å²) in [5, 5.41) is 0. The number of likely N-dealkylation sites (tertiary alicyclic amines) is 1. The molecule has 0 aliphatic carbocycles. The summed E-state index contributed by atoms with van der Waals surface area (Å²) in [5.41, 5.74) is 1.17. The van der Waals surface area contributed by atoms with Crippen molar-refractivity contribution in [3.63, 3.8) is 0 Å². The number of esters is 1. The highest BCUT2D eigenvalue weighted by Gasteiger charge is 2.40. The van der Waals surface area contributed by atoms with E-state index < -0.39 is 33.5 Å². The van der Waals surface area contributed by atoms with E-state index in [1.54, 1.807) is 44.7 Å². The van der Waals surface area contributed by atoms with Crippen molar-refractivity contribution in [2.45, 2.75) is 77.0 Å². The lowest BCUT2D eigenvalue weighted by atomic mass is 9.92. The fraction of sp³-hybridized carbons (Fsp3) is 0.640. The molecular formula is C25H36N2O7S. The number of sulfone groups is 1. The topological polar surface area (TPSA) is 110 Å². The number of fused-ring (bicyclic) bond motifs is 1. The van der Waals surface area contributed by atoms with Crippen LogP contribution in [0.3, 0.4) is 0 Å². The van der Waals surface area contributed by atoms with Crippen LogP contribution in [-0.4, -0.2) is 73.3 Å². The summed E-state index contributed by atoms with van der Waals surface area (Å²) in [6, 6.07) is 4.22. The van der Waals surface area contributed by atoms with Crippen molar-refractivity contribution >= 4 is 27.8 Å². The van der Waals surface area contributed by atoms with Gasteiger partial charge in [0.1, 0.15) is 11.6 Å². The van der Waals surface area contributed by atoms with Crippen LogP contribution >= 0.6 is 0 Å². The van der Waals surface area contributed by atoms with Gasteiger partial charge >= 0.3 is 12.1 Å². The molecule has 2 atom stereocenters. The van der Waals surface area contributed by atoms with E-state index in [0.717, 1.165) is 11.1 Å². The summed E-state index contributed by atoms with van der Waals surface area (Å²) in [5.74, 6) is -1.05. The number of hydrogen-bond acceptors (Lipinski definition) is 7. The molecule has 0 bridgehead atoms. The molecule has 194 valence electrons. The Balaban J connectivity index is 1.76. The second-order valence-corrected chi connectivity index (χ2v) is 12.3. The van der Waals surface area contributed by atoms with Crippen molar-refractivity contribution in [2.24, 2.45) is 5.92 Å².